The van der Waals surface area contributed by atoms with Crippen molar-refractivity contribution in [3.05, 3.63) is 47.3 Å². The minimum absolute atomic E-state index is 0.289. The molecule has 1 aliphatic heterocycles. The predicted molar refractivity (Wildman–Crippen MR) is 102 cm³/mol. The monoisotopic (exact) mass is 382 g/mol. The Bertz CT molecular complexity index is 1080. The molecule has 0 aliphatic carbocycles. The van der Waals surface area contributed by atoms with Crippen molar-refractivity contribution in [2.75, 3.05) is 14.2 Å². The molecule has 0 spiro atoms. The van der Waals surface area contributed by atoms with Crippen molar-refractivity contribution in [1.82, 2.24) is 10.3 Å². The summed E-state index contributed by atoms with van der Waals surface area (Å²) in [5.74, 6) is 1.32. The molecule has 1 N–H and O–H groups in total. The second-order valence-electron chi connectivity index (χ2n) is 5.71. The Balaban J connectivity index is 1.82. The fourth-order valence-electron chi connectivity index (χ4n) is 2.77. The van der Waals surface area contributed by atoms with E-state index in [0.717, 1.165) is 28.3 Å². The van der Waals surface area contributed by atoms with Crippen molar-refractivity contribution < 1.29 is 23.5 Å². The summed E-state index contributed by atoms with van der Waals surface area (Å²) in [6, 6.07) is 7.27. The summed E-state index contributed by atoms with van der Waals surface area (Å²) < 4.78 is 16.6. The number of hydrogen-bond donors (Lipinski definition) is 1. The minimum atomic E-state index is -0.429. The highest BCUT2D eigenvalue weighted by molar-refractivity contribution is 8.18. The van der Waals surface area contributed by atoms with E-state index in [1.165, 1.54) is 0 Å². The van der Waals surface area contributed by atoms with Crippen LogP contribution >= 0.6 is 11.8 Å². The number of amides is 2. The maximum absolute atomic E-state index is 11.7. The van der Waals surface area contributed by atoms with Gasteiger partial charge in [-0.3, -0.25) is 19.9 Å². The molecule has 0 unspecified atom stereocenters. The molecule has 0 atom stereocenters. The molecule has 1 aromatic carbocycles. The molecular weight excluding hydrogens is 368 g/mol. The molecule has 3 heterocycles. The van der Waals surface area contributed by atoms with Crippen LogP contribution in [0, 0.1) is 0 Å². The first kappa shape index (κ1) is 17.2. The van der Waals surface area contributed by atoms with Crippen LogP contribution in [0.15, 0.2) is 46.0 Å². The highest BCUT2D eigenvalue weighted by Gasteiger charge is 2.25. The summed E-state index contributed by atoms with van der Waals surface area (Å²) in [5, 5.41) is 2.60. The zero-order chi connectivity index (χ0) is 19.0. The topological polar surface area (TPSA) is 90.7 Å². The number of fused-ring (bicyclic) bond motifs is 1. The van der Waals surface area contributed by atoms with Crippen molar-refractivity contribution in [2.45, 2.75) is 0 Å². The van der Waals surface area contributed by atoms with Gasteiger partial charge < -0.3 is 13.9 Å². The van der Waals surface area contributed by atoms with Gasteiger partial charge in [-0.15, -0.1) is 0 Å². The third-order valence-corrected chi connectivity index (χ3v) is 4.83. The molecule has 4 rings (SSSR count). The Morgan fingerprint density at radius 1 is 1.07 bits per heavy atom. The lowest BCUT2D eigenvalue weighted by Gasteiger charge is -2.08. The summed E-state index contributed by atoms with van der Waals surface area (Å²) in [5.41, 5.74) is 2.19. The molecule has 1 saturated heterocycles. The van der Waals surface area contributed by atoms with Crippen LogP contribution in [0.5, 0.6) is 11.5 Å². The number of carbonyl (C=O) groups excluding carboxylic acids is 2. The molecule has 0 bridgehead atoms. The van der Waals surface area contributed by atoms with E-state index in [1.54, 1.807) is 44.8 Å². The highest BCUT2D eigenvalue weighted by atomic mass is 32.2. The number of nitrogens with zero attached hydrogens (tertiary/aromatic N) is 1. The molecular formula is C19H14N2O5S. The van der Waals surface area contributed by atoms with Crippen LogP contribution in [0.4, 0.5) is 4.79 Å². The van der Waals surface area contributed by atoms with Crippen molar-refractivity contribution in [2.24, 2.45) is 0 Å². The zero-order valence-electron chi connectivity index (χ0n) is 14.4. The number of furan rings is 1. The normalized spacial score (nSPS) is 15.4. The van der Waals surface area contributed by atoms with Gasteiger partial charge in [0, 0.05) is 35.5 Å². The third-order valence-electron chi connectivity index (χ3n) is 4.02. The smallest absolute Gasteiger partial charge is 0.290 e. The maximum Gasteiger partial charge on any atom is 0.290 e. The van der Waals surface area contributed by atoms with E-state index in [4.69, 9.17) is 13.9 Å². The number of pyridine rings is 1. The largest absolute Gasteiger partial charge is 0.497 e. The van der Waals surface area contributed by atoms with Gasteiger partial charge in [-0.2, -0.15) is 0 Å². The SMILES string of the molecule is COc1cc(OC)cc(-c2cncc3cc(/C=C4\SC(=O)NC4=O)oc23)c1. The Morgan fingerprint density at radius 2 is 1.81 bits per heavy atom. The second kappa shape index (κ2) is 6.81. The van der Waals surface area contributed by atoms with E-state index < -0.39 is 11.1 Å². The first-order valence-corrected chi connectivity index (χ1v) is 8.75. The molecule has 7 nitrogen and oxygen atoms in total. The quantitative estimate of drug-likeness (QED) is 0.686. The molecule has 1 aliphatic rings. The van der Waals surface area contributed by atoms with Crippen LogP contribution < -0.4 is 14.8 Å². The predicted octanol–water partition coefficient (Wildman–Crippen LogP) is 3.84. The molecule has 2 amide bonds. The fourth-order valence-corrected chi connectivity index (χ4v) is 3.43. The number of nitrogens with one attached hydrogen (secondary N) is 1. The van der Waals surface area contributed by atoms with Crippen molar-refractivity contribution >= 4 is 40.0 Å². The Morgan fingerprint density at radius 3 is 2.44 bits per heavy atom. The number of rotatable bonds is 4. The summed E-state index contributed by atoms with van der Waals surface area (Å²) in [4.78, 5) is 27.6. The maximum atomic E-state index is 11.7. The number of hydrogen-bond acceptors (Lipinski definition) is 7. The summed E-state index contributed by atoms with van der Waals surface area (Å²) in [6.45, 7) is 0. The van der Waals surface area contributed by atoms with Gasteiger partial charge in [0.1, 0.15) is 22.8 Å². The van der Waals surface area contributed by atoms with Crippen LogP contribution in [0.3, 0.4) is 0 Å². The number of carbonyl (C=O) groups is 2. The highest BCUT2D eigenvalue weighted by Crippen LogP contribution is 2.35. The number of ether oxygens (including phenoxy) is 2. The Kier molecular flexibility index (Phi) is 4.33. The molecule has 136 valence electrons. The second-order valence-corrected chi connectivity index (χ2v) is 6.72. The Hall–Kier alpha value is -3.26. The van der Waals surface area contributed by atoms with Crippen molar-refractivity contribution in [1.29, 1.82) is 0 Å². The fraction of sp³-hybridized carbons (Fsp3) is 0.105. The van der Waals surface area contributed by atoms with E-state index in [1.807, 2.05) is 12.1 Å². The van der Waals surface area contributed by atoms with Gasteiger partial charge in [-0.1, -0.05) is 0 Å². The van der Waals surface area contributed by atoms with Gasteiger partial charge in [0.05, 0.1) is 19.1 Å². The first-order chi connectivity index (χ1) is 13.1. The number of benzene rings is 1. The van der Waals surface area contributed by atoms with Crippen molar-refractivity contribution in [3.63, 3.8) is 0 Å². The summed E-state index contributed by atoms with van der Waals surface area (Å²) in [6.07, 6.45) is 4.91. The van der Waals surface area contributed by atoms with Crippen LogP contribution in [0.1, 0.15) is 5.76 Å². The zero-order valence-corrected chi connectivity index (χ0v) is 15.3. The summed E-state index contributed by atoms with van der Waals surface area (Å²) >= 11 is 0.842. The van der Waals surface area contributed by atoms with E-state index in [9.17, 15) is 9.59 Å². The number of aromatic nitrogens is 1. The average Bonchev–Trinajstić information content (AvgIpc) is 3.22. The van der Waals surface area contributed by atoms with Gasteiger partial charge in [-0.25, -0.2) is 0 Å². The number of thioether (sulfide) groups is 1. The molecule has 2 aromatic heterocycles. The van der Waals surface area contributed by atoms with E-state index in [0.29, 0.717) is 22.8 Å². The van der Waals surface area contributed by atoms with E-state index in [-0.39, 0.29) is 4.91 Å². The van der Waals surface area contributed by atoms with Crippen molar-refractivity contribution in [3.8, 4) is 22.6 Å². The Labute approximate surface area is 158 Å². The molecule has 3 aromatic rings. The van der Waals surface area contributed by atoms with Gasteiger partial charge in [0.2, 0.25) is 0 Å². The average molecular weight is 382 g/mol. The molecule has 0 saturated carbocycles. The van der Waals surface area contributed by atoms with E-state index in [2.05, 4.69) is 10.3 Å². The number of imide groups is 1. The first-order valence-electron chi connectivity index (χ1n) is 7.93. The summed E-state index contributed by atoms with van der Waals surface area (Å²) in [7, 11) is 3.17. The minimum Gasteiger partial charge on any atom is -0.497 e. The number of methoxy groups -OCH3 is 2. The van der Waals surface area contributed by atoms with Crippen LogP contribution in [-0.2, 0) is 4.79 Å². The lowest BCUT2D eigenvalue weighted by molar-refractivity contribution is -0.115. The van der Waals surface area contributed by atoms with Gasteiger partial charge in [-0.05, 0) is 35.5 Å². The third kappa shape index (κ3) is 3.26. The molecule has 1 fully saturated rings. The van der Waals surface area contributed by atoms with Gasteiger partial charge in [0.15, 0.2) is 0 Å². The molecule has 8 heteroatoms. The van der Waals surface area contributed by atoms with Gasteiger partial charge in [0.25, 0.3) is 11.1 Å². The van der Waals surface area contributed by atoms with Crippen LogP contribution in [-0.4, -0.2) is 30.3 Å². The van der Waals surface area contributed by atoms with Gasteiger partial charge >= 0.3 is 0 Å². The lowest BCUT2D eigenvalue weighted by Crippen LogP contribution is -2.17. The van der Waals surface area contributed by atoms with Crippen LogP contribution in [0.25, 0.3) is 28.2 Å². The van der Waals surface area contributed by atoms with Crippen LogP contribution in [0.2, 0.25) is 0 Å². The molecule has 0 radical (unpaired) electrons. The standard InChI is InChI=1S/C19H14N2O5S/c1-24-12-3-10(4-13(6-12)25-2)15-9-20-8-11-5-14(26-17(11)15)7-16-18(22)21-19(23)27-16/h3-9H,1-2H3,(H,21,22,23)/b16-7-. The lowest BCUT2D eigenvalue weighted by atomic mass is 10.1. The molecule has 27 heavy (non-hydrogen) atoms. The van der Waals surface area contributed by atoms with E-state index >= 15 is 0 Å².